The molecule has 0 aliphatic rings. The van der Waals surface area contributed by atoms with Crippen LogP contribution in [0.2, 0.25) is 0 Å². The van der Waals surface area contributed by atoms with Crippen molar-refractivity contribution in [3.05, 3.63) is 69.8 Å². The van der Waals surface area contributed by atoms with Gasteiger partial charge in [0.2, 0.25) is 0 Å². The zero-order valence-electron chi connectivity index (χ0n) is 9.04. The number of para-hydroxylation sites is 1. The van der Waals surface area contributed by atoms with Gasteiger partial charge in [-0.3, -0.25) is 10.1 Å². The molecule has 2 aromatic carbocycles. The lowest BCUT2D eigenvalue weighted by Crippen LogP contribution is -1.92. The van der Waals surface area contributed by atoms with E-state index in [9.17, 15) is 15.2 Å². The first kappa shape index (κ1) is 11.1. The number of aromatic hydroxyl groups is 1. The molecule has 86 valence electrons. The minimum atomic E-state index is -0.422. The van der Waals surface area contributed by atoms with Gasteiger partial charge >= 0.3 is 0 Å². The molecule has 0 aromatic heterocycles. The molecule has 0 saturated carbocycles. The number of rotatable bonds is 3. The van der Waals surface area contributed by atoms with Gasteiger partial charge in [0.1, 0.15) is 5.75 Å². The number of phenols is 1. The predicted octanol–water partition coefficient (Wildman–Crippen LogP) is 2.89. The van der Waals surface area contributed by atoms with Crippen LogP contribution in [0.4, 0.5) is 5.69 Å². The summed E-state index contributed by atoms with van der Waals surface area (Å²) in [6.07, 6.45) is 0.481. The number of nitro groups is 1. The third-order valence-corrected chi connectivity index (χ3v) is 2.51. The fourth-order valence-electron chi connectivity index (χ4n) is 1.66. The summed E-state index contributed by atoms with van der Waals surface area (Å²) < 4.78 is 0. The third-order valence-electron chi connectivity index (χ3n) is 2.51. The van der Waals surface area contributed by atoms with Crippen LogP contribution in [0, 0.1) is 10.1 Å². The SMILES string of the molecule is O=[N+]([O-])c1cccc(Cc2ccccc2O)c1. The van der Waals surface area contributed by atoms with Crippen molar-refractivity contribution in [2.75, 3.05) is 0 Å². The largest absolute Gasteiger partial charge is 0.508 e. The summed E-state index contributed by atoms with van der Waals surface area (Å²) in [6.45, 7) is 0. The fourth-order valence-corrected chi connectivity index (χ4v) is 1.66. The van der Waals surface area contributed by atoms with Gasteiger partial charge in [-0.1, -0.05) is 30.3 Å². The van der Waals surface area contributed by atoms with Crippen molar-refractivity contribution < 1.29 is 10.0 Å². The minimum Gasteiger partial charge on any atom is -0.508 e. The third kappa shape index (κ3) is 2.60. The highest BCUT2D eigenvalue weighted by Crippen LogP contribution is 2.21. The molecule has 2 rings (SSSR count). The van der Waals surface area contributed by atoms with Crippen LogP contribution >= 0.6 is 0 Å². The first-order valence-corrected chi connectivity index (χ1v) is 5.17. The van der Waals surface area contributed by atoms with E-state index in [-0.39, 0.29) is 11.4 Å². The lowest BCUT2D eigenvalue weighted by atomic mass is 10.0. The van der Waals surface area contributed by atoms with E-state index in [1.807, 2.05) is 6.07 Å². The highest BCUT2D eigenvalue weighted by molar-refractivity contribution is 5.40. The lowest BCUT2D eigenvalue weighted by molar-refractivity contribution is -0.384. The Morgan fingerprint density at radius 2 is 1.88 bits per heavy atom. The van der Waals surface area contributed by atoms with Crippen molar-refractivity contribution in [2.24, 2.45) is 0 Å². The highest BCUT2D eigenvalue weighted by Gasteiger charge is 2.07. The molecule has 17 heavy (non-hydrogen) atoms. The Morgan fingerprint density at radius 3 is 2.59 bits per heavy atom. The molecule has 0 bridgehead atoms. The van der Waals surface area contributed by atoms with Crippen LogP contribution in [0.25, 0.3) is 0 Å². The van der Waals surface area contributed by atoms with E-state index in [4.69, 9.17) is 0 Å². The molecule has 1 N–H and O–H groups in total. The van der Waals surface area contributed by atoms with Gasteiger partial charge in [0.25, 0.3) is 5.69 Å². The maximum atomic E-state index is 10.6. The topological polar surface area (TPSA) is 63.4 Å². The molecule has 4 nitrogen and oxygen atoms in total. The molecule has 2 aromatic rings. The second-order valence-corrected chi connectivity index (χ2v) is 3.73. The number of phenolic OH excluding ortho intramolecular Hbond substituents is 1. The van der Waals surface area contributed by atoms with Crippen LogP contribution in [0.15, 0.2) is 48.5 Å². The molecule has 0 fully saturated rings. The van der Waals surface area contributed by atoms with Crippen LogP contribution in [0.5, 0.6) is 5.75 Å². The summed E-state index contributed by atoms with van der Waals surface area (Å²) in [5, 5.41) is 20.2. The summed E-state index contributed by atoms with van der Waals surface area (Å²) >= 11 is 0. The van der Waals surface area contributed by atoms with Crippen molar-refractivity contribution >= 4 is 5.69 Å². The number of hydrogen-bond acceptors (Lipinski definition) is 3. The monoisotopic (exact) mass is 229 g/mol. The van der Waals surface area contributed by atoms with Crippen molar-refractivity contribution in [3.63, 3.8) is 0 Å². The average molecular weight is 229 g/mol. The second-order valence-electron chi connectivity index (χ2n) is 3.73. The maximum Gasteiger partial charge on any atom is 0.269 e. The summed E-state index contributed by atoms with van der Waals surface area (Å²) in [5.41, 5.74) is 1.63. The maximum absolute atomic E-state index is 10.6. The van der Waals surface area contributed by atoms with E-state index < -0.39 is 4.92 Å². The predicted molar refractivity (Wildman–Crippen MR) is 64.0 cm³/mol. The molecule has 0 aliphatic carbocycles. The molecule has 0 amide bonds. The Morgan fingerprint density at radius 1 is 1.12 bits per heavy atom. The molecule has 0 saturated heterocycles. The van der Waals surface area contributed by atoms with E-state index in [0.29, 0.717) is 6.42 Å². The first-order chi connectivity index (χ1) is 8.16. The van der Waals surface area contributed by atoms with Gasteiger partial charge in [-0.05, 0) is 17.2 Å². The van der Waals surface area contributed by atoms with Crippen LogP contribution in [-0.2, 0) is 6.42 Å². The second kappa shape index (κ2) is 4.65. The lowest BCUT2D eigenvalue weighted by Gasteiger charge is -2.04. The normalized spacial score (nSPS) is 10.1. The van der Waals surface area contributed by atoms with E-state index in [1.165, 1.54) is 12.1 Å². The zero-order valence-corrected chi connectivity index (χ0v) is 9.04. The van der Waals surface area contributed by atoms with Gasteiger partial charge in [0.05, 0.1) is 4.92 Å². The number of nitro benzene ring substituents is 1. The van der Waals surface area contributed by atoms with Crippen LogP contribution in [0.3, 0.4) is 0 Å². The first-order valence-electron chi connectivity index (χ1n) is 5.17. The smallest absolute Gasteiger partial charge is 0.269 e. The number of hydrogen-bond donors (Lipinski definition) is 1. The number of benzene rings is 2. The van der Waals surface area contributed by atoms with E-state index in [2.05, 4.69) is 0 Å². The highest BCUT2D eigenvalue weighted by atomic mass is 16.6. The Kier molecular flexibility index (Phi) is 3.05. The van der Waals surface area contributed by atoms with Gasteiger partial charge in [-0.2, -0.15) is 0 Å². The summed E-state index contributed by atoms with van der Waals surface area (Å²) in [4.78, 5) is 10.2. The summed E-state index contributed by atoms with van der Waals surface area (Å²) in [6, 6.07) is 13.4. The van der Waals surface area contributed by atoms with Crippen LogP contribution in [0.1, 0.15) is 11.1 Å². The molecule has 0 heterocycles. The number of nitrogens with zero attached hydrogens (tertiary/aromatic N) is 1. The average Bonchev–Trinajstić information content (AvgIpc) is 2.32. The van der Waals surface area contributed by atoms with Gasteiger partial charge in [-0.25, -0.2) is 0 Å². The van der Waals surface area contributed by atoms with Crippen molar-refractivity contribution in [3.8, 4) is 5.75 Å². The summed E-state index contributed by atoms with van der Waals surface area (Å²) in [7, 11) is 0. The van der Waals surface area contributed by atoms with Crippen molar-refractivity contribution in [1.82, 2.24) is 0 Å². The Bertz CT molecular complexity index is 552. The van der Waals surface area contributed by atoms with Gasteiger partial charge in [0.15, 0.2) is 0 Å². The van der Waals surface area contributed by atoms with Gasteiger partial charge in [-0.15, -0.1) is 0 Å². The molecule has 0 atom stereocenters. The Labute approximate surface area is 98.3 Å². The molecular weight excluding hydrogens is 218 g/mol. The molecule has 4 heteroatoms. The molecule has 0 aliphatic heterocycles. The zero-order chi connectivity index (χ0) is 12.3. The standard InChI is InChI=1S/C13H11NO3/c15-13-7-2-1-5-11(13)8-10-4-3-6-12(9-10)14(16)17/h1-7,9,15H,8H2. The van der Waals surface area contributed by atoms with Gasteiger partial charge < -0.3 is 5.11 Å². The number of non-ortho nitro benzene ring substituents is 1. The van der Waals surface area contributed by atoms with Crippen LogP contribution in [-0.4, -0.2) is 10.0 Å². The molecule has 0 unspecified atom stereocenters. The quantitative estimate of drug-likeness (QED) is 0.650. The van der Waals surface area contributed by atoms with E-state index in [0.717, 1.165) is 11.1 Å². The molecule has 0 spiro atoms. The summed E-state index contributed by atoms with van der Waals surface area (Å²) in [5.74, 6) is 0.207. The molecular formula is C13H11NO3. The van der Waals surface area contributed by atoms with Crippen LogP contribution < -0.4 is 0 Å². The van der Waals surface area contributed by atoms with Gasteiger partial charge in [0, 0.05) is 18.6 Å². The minimum absolute atomic E-state index is 0.0675. The van der Waals surface area contributed by atoms with Crippen molar-refractivity contribution in [2.45, 2.75) is 6.42 Å². The Balaban J connectivity index is 2.28. The fraction of sp³-hybridized carbons (Fsp3) is 0.0769. The Hall–Kier alpha value is -2.36. The molecule has 0 radical (unpaired) electrons. The van der Waals surface area contributed by atoms with E-state index >= 15 is 0 Å². The van der Waals surface area contributed by atoms with E-state index in [1.54, 1.807) is 30.3 Å². The van der Waals surface area contributed by atoms with Crippen molar-refractivity contribution in [1.29, 1.82) is 0 Å².